The first kappa shape index (κ1) is 18.9. The lowest BCUT2D eigenvalue weighted by molar-refractivity contribution is 0.372. The largest absolute Gasteiger partial charge is 0.481 e. The Morgan fingerprint density at radius 3 is 2.56 bits per heavy atom. The van der Waals surface area contributed by atoms with E-state index in [1.54, 1.807) is 7.11 Å². The Morgan fingerprint density at radius 1 is 1.15 bits per heavy atom. The number of benzene rings is 1. The molecule has 2 heterocycles. The summed E-state index contributed by atoms with van der Waals surface area (Å²) in [6.07, 6.45) is 0. The Bertz CT molecular complexity index is 757. The number of anilines is 1. The number of rotatable bonds is 5. The van der Waals surface area contributed by atoms with Gasteiger partial charge in [-0.05, 0) is 37.3 Å². The van der Waals surface area contributed by atoms with Gasteiger partial charge in [0.15, 0.2) is 5.96 Å². The number of aromatic nitrogens is 1. The van der Waals surface area contributed by atoms with Crippen LogP contribution in [0.5, 0.6) is 5.88 Å². The molecule has 1 aromatic heterocycles. The molecule has 0 aliphatic carbocycles. The number of guanidine groups is 1. The van der Waals surface area contributed by atoms with E-state index in [9.17, 15) is 4.39 Å². The van der Waals surface area contributed by atoms with Gasteiger partial charge in [-0.3, -0.25) is 0 Å². The van der Waals surface area contributed by atoms with Gasteiger partial charge in [0, 0.05) is 44.5 Å². The second-order valence-corrected chi connectivity index (χ2v) is 6.29. The second kappa shape index (κ2) is 9.21. The zero-order chi connectivity index (χ0) is 19.1. The SMILES string of the molecule is CCNC(=NCc1cccc(OC)n1)N1CCN(c2ccc(F)cc2)CC1. The average Bonchev–Trinajstić information content (AvgIpc) is 2.72. The minimum absolute atomic E-state index is 0.204. The number of nitrogens with zero attached hydrogens (tertiary/aromatic N) is 4. The number of pyridine rings is 1. The van der Waals surface area contributed by atoms with Gasteiger partial charge in [0.25, 0.3) is 0 Å². The van der Waals surface area contributed by atoms with Gasteiger partial charge in [0.05, 0.1) is 19.3 Å². The molecule has 3 rings (SSSR count). The Morgan fingerprint density at radius 2 is 1.89 bits per heavy atom. The summed E-state index contributed by atoms with van der Waals surface area (Å²) in [6.45, 7) is 6.82. The Labute approximate surface area is 159 Å². The van der Waals surface area contributed by atoms with Crippen molar-refractivity contribution >= 4 is 11.6 Å². The molecule has 0 spiro atoms. The lowest BCUT2D eigenvalue weighted by Crippen LogP contribution is -2.52. The fourth-order valence-corrected chi connectivity index (χ4v) is 3.07. The quantitative estimate of drug-likeness (QED) is 0.647. The topological polar surface area (TPSA) is 53.0 Å². The molecular weight excluding hydrogens is 345 g/mol. The highest BCUT2D eigenvalue weighted by molar-refractivity contribution is 5.80. The molecule has 1 N–H and O–H groups in total. The molecule has 2 aromatic rings. The van der Waals surface area contributed by atoms with Gasteiger partial charge >= 0.3 is 0 Å². The molecule has 0 amide bonds. The highest BCUT2D eigenvalue weighted by Gasteiger charge is 2.19. The van der Waals surface area contributed by atoms with Gasteiger partial charge < -0.3 is 19.9 Å². The number of hydrogen-bond donors (Lipinski definition) is 1. The highest BCUT2D eigenvalue weighted by Crippen LogP contribution is 2.17. The van der Waals surface area contributed by atoms with E-state index in [0.29, 0.717) is 12.4 Å². The Kier molecular flexibility index (Phi) is 6.46. The van der Waals surface area contributed by atoms with Crippen LogP contribution < -0.4 is 15.0 Å². The lowest BCUT2D eigenvalue weighted by atomic mass is 10.2. The molecule has 0 bridgehead atoms. The maximum absolute atomic E-state index is 13.1. The summed E-state index contributed by atoms with van der Waals surface area (Å²) in [5.41, 5.74) is 1.92. The van der Waals surface area contributed by atoms with E-state index in [4.69, 9.17) is 9.73 Å². The summed E-state index contributed by atoms with van der Waals surface area (Å²) in [4.78, 5) is 13.7. The van der Waals surface area contributed by atoms with E-state index in [1.807, 2.05) is 30.3 Å². The summed E-state index contributed by atoms with van der Waals surface area (Å²) < 4.78 is 18.3. The predicted molar refractivity (Wildman–Crippen MR) is 106 cm³/mol. The second-order valence-electron chi connectivity index (χ2n) is 6.29. The molecule has 1 fully saturated rings. The zero-order valence-corrected chi connectivity index (χ0v) is 15.9. The smallest absolute Gasteiger partial charge is 0.213 e. The van der Waals surface area contributed by atoms with E-state index in [-0.39, 0.29) is 5.82 Å². The number of aliphatic imine (C=N–C) groups is 1. The molecule has 0 unspecified atom stereocenters. The van der Waals surface area contributed by atoms with Gasteiger partial charge in [-0.15, -0.1) is 0 Å². The van der Waals surface area contributed by atoms with E-state index in [1.165, 1.54) is 12.1 Å². The summed E-state index contributed by atoms with van der Waals surface area (Å²) in [6, 6.07) is 12.4. The van der Waals surface area contributed by atoms with Crippen LogP contribution in [0.4, 0.5) is 10.1 Å². The van der Waals surface area contributed by atoms with Crippen LogP contribution >= 0.6 is 0 Å². The van der Waals surface area contributed by atoms with Crippen molar-refractivity contribution in [3.8, 4) is 5.88 Å². The predicted octanol–water partition coefficient (Wildman–Crippen LogP) is 2.52. The first-order chi connectivity index (χ1) is 13.2. The molecule has 1 aromatic carbocycles. The van der Waals surface area contributed by atoms with Crippen LogP contribution in [-0.4, -0.2) is 55.7 Å². The molecule has 0 atom stereocenters. The fourth-order valence-electron chi connectivity index (χ4n) is 3.07. The summed E-state index contributed by atoms with van der Waals surface area (Å²) >= 11 is 0. The van der Waals surface area contributed by atoms with Gasteiger partial charge in [0.2, 0.25) is 5.88 Å². The van der Waals surface area contributed by atoms with Crippen LogP contribution in [0.15, 0.2) is 47.5 Å². The maximum atomic E-state index is 13.1. The number of piperazine rings is 1. The van der Waals surface area contributed by atoms with E-state index in [2.05, 4.69) is 27.0 Å². The molecule has 7 heteroatoms. The van der Waals surface area contributed by atoms with Crippen LogP contribution in [0.1, 0.15) is 12.6 Å². The van der Waals surface area contributed by atoms with Crippen molar-refractivity contribution < 1.29 is 9.13 Å². The van der Waals surface area contributed by atoms with Crippen molar-refractivity contribution in [1.29, 1.82) is 0 Å². The third-order valence-electron chi connectivity index (χ3n) is 4.49. The molecule has 1 aliphatic heterocycles. The summed E-state index contributed by atoms with van der Waals surface area (Å²) in [7, 11) is 1.61. The van der Waals surface area contributed by atoms with Crippen LogP contribution in [0, 0.1) is 5.82 Å². The monoisotopic (exact) mass is 371 g/mol. The lowest BCUT2D eigenvalue weighted by Gasteiger charge is -2.37. The standard InChI is InChI=1S/C20H26FN5O/c1-3-22-20(23-15-17-5-4-6-19(24-17)27-2)26-13-11-25(12-14-26)18-9-7-16(21)8-10-18/h4-10H,3,11-15H2,1-2H3,(H,22,23). The van der Waals surface area contributed by atoms with Crippen molar-refractivity contribution in [2.24, 2.45) is 4.99 Å². The van der Waals surface area contributed by atoms with Crippen LogP contribution in [-0.2, 0) is 6.54 Å². The number of ether oxygens (including phenoxy) is 1. The summed E-state index contributed by atoms with van der Waals surface area (Å²) in [5.74, 6) is 1.28. The maximum Gasteiger partial charge on any atom is 0.213 e. The number of methoxy groups -OCH3 is 1. The average molecular weight is 371 g/mol. The third kappa shape index (κ3) is 5.09. The molecule has 0 radical (unpaired) electrons. The zero-order valence-electron chi connectivity index (χ0n) is 15.9. The van der Waals surface area contributed by atoms with E-state index >= 15 is 0 Å². The number of halogens is 1. The van der Waals surface area contributed by atoms with Gasteiger partial charge in [-0.25, -0.2) is 14.4 Å². The van der Waals surface area contributed by atoms with Crippen molar-refractivity contribution in [2.45, 2.75) is 13.5 Å². The van der Waals surface area contributed by atoms with Crippen molar-refractivity contribution in [2.75, 3.05) is 44.7 Å². The molecular formula is C20H26FN5O. The molecule has 1 aliphatic rings. The van der Waals surface area contributed by atoms with Crippen LogP contribution in [0.2, 0.25) is 0 Å². The van der Waals surface area contributed by atoms with E-state index < -0.39 is 0 Å². The molecule has 27 heavy (non-hydrogen) atoms. The van der Waals surface area contributed by atoms with Crippen molar-refractivity contribution in [3.63, 3.8) is 0 Å². The van der Waals surface area contributed by atoms with Gasteiger partial charge in [-0.1, -0.05) is 6.07 Å². The van der Waals surface area contributed by atoms with Crippen molar-refractivity contribution in [3.05, 3.63) is 54.0 Å². The third-order valence-corrected chi connectivity index (χ3v) is 4.49. The first-order valence-electron chi connectivity index (χ1n) is 9.23. The fraction of sp³-hybridized carbons (Fsp3) is 0.400. The highest BCUT2D eigenvalue weighted by atomic mass is 19.1. The minimum atomic E-state index is -0.204. The van der Waals surface area contributed by atoms with Crippen LogP contribution in [0.3, 0.4) is 0 Å². The molecule has 144 valence electrons. The first-order valence-corrected chi connectivity index (χ1v) is 9.23. The summed E-state index contributed by atoms with van der Waals surface area (Å²) in [5, 5.41) is 3.36. The van der Waals surface area contributed by atoms with Gasteiger partial charge in [-0.2, -0.15) is 0 Å². The Hall–Kier alpha value is -2.83. The normalized spacial score (nSPS) is 15.0. The van der Waals surface area contributed by atoms with Gasteiger partial charge in [0.1, 0.15) is 5.82 Å². The number of nitrogens with one attached hydrogen (secondary N) is 1. The molecule has 6 nitrogen and oxygen atoms in total. The Balaban J connectivity index is 1.62. The minimum Gasteiger partial charge on any atom is -0.481 e. The van der Waals surface area contributed by atoms with Crippen molar-refractivity contribution in [1.82, 2.24) is 15.2 Å². The number of hydrogen-bond acceptors (Lipinski definition) is 4. The van der Waals surface area contributed by atoms with E-state index in [0.717, 1.165) is 50.1 Å². The molecule has 1 saturated heterocycles. The molecule has 0 saturated carbocycles. The van der Waals surface area contributed by atoms with Crippen LogP contribution in [0.25, 0.3) is 0 Å².